The highest BCUT2D eigenvalue weighted by molar-refractivity contribution is 5.91. The predicted octanol–water partition coefficient (Wildman–Crippen LogP) is 3.00. The van der Waals surface area contributed by atoms with Crippen LogP contribution in [-0.4, -0.2) is 25.2 Å². The molecule has 0 fully saturated rings. The van der Waals surface area contributed by atoms with E-state index in [-0.39, 0.29) is 13.2 Å². The van der Waals surface area contributed by atoms with Gasteiger partial charge in [0.15, 0.2) is 0 Å². The third-order valence-corrected chi connectivity index (χ3v) is 1.98. The van der Waals surface area contributed by atoms with Crippen LogP contribution >= 0.6 is 0 Å². The second-order valence-corrected chi connectivity index (χ2v) is 3.83. The van der Waals surface area contributed by atoms with E-state index in [4.69, 9.17) is 0 Å². The van der Waals surface area contributed by atoms with E-state index in [1.54, 1.807) is 0 Å². The average Bonchev–Trinajstić information content (AvgIpc) is 2.50. The van der Waals surface area contributed by atoms with Crippen molar-refractivity contribution in [2.24, 2.45) is 0 Å². The highest BCUT2D eigenvalue weighted by atomic mass is 16.5. The van der Waals surface area contributed by atoms with E-state index < -0.39 is 11.9 Å². The summed E-state index contributed by atoms with van der Waals surface area (Å²) in [7, 11) is 0. The van der Waals surface area contributed by atoms with E-state index >= 15 is 0 Å². The van der Waals surface area contributed by atoms with E-state index in [2.05, 4.69) is 41.7 Å². The van der Waals surface area contributed by atoms with Crippen molar-refractivity contribution in [3.05, 3.63) is 73.4 Å². The third kappa shape index (κ3) is 12.2. The van der Waals surface area contributed by atoms with Crippen molar-refractivity contribution in [3.63, 3.8) is 0 Å². The smallest absolute Gasteiger partial charge is 0.331 e. The minimum atomic E-state index is -0.611. The van der Waals surface area contributed by atoms with Crippen LogP contribution in [0.4, 0.5) is 0 Å². The van der Waals surface area contributed by atoms with Crippen molar-refractivity contribution in [1.29, 1.82) is 0 Å². The number of hydrogen-bond donors (Lipinski definition) is 0. The minimum absolute atomic E-state index is 0.116. The molecule has 0 bridgehead atoms. The largest absolute Gasteiger partial charge is 0.458 e. The minimum Gasteiger partial charge on any atom is -0.458 e. The highest BCUT2D eigenvalue weighted by Crippen LogP contribution is 1.92. The molecule has 0 amide bonds. The second kappa shape index (κ2) is 12.4. The molecule has 1 rings (SSSR count). The third-order valence-electron chi connectivity index (χ3n) is 1.98. The molecular formula is C17H20O4. The zero-order chi connectivity index (χ0) is 15.9. The van der Waals surface area contributed by atoms with Gasteiger partial charge in [0.25, 0.3) is 0 Å². The molecule has 0 saturated heterocycles. The first-order valence-corrected chi connectivity index (χ1v) is 6.35. The van der Waals surface area contributed by atoms with E-state index in [1.165, 1.54) is 17.7 Å². The standard InChI is InChI=1S/C10H12O4.C7H8/c1-3-7-13-9(11)5-6-10(12)14-8-4-2;1-7-5-3-2-4-6-7/h3-6H,1-2,7-8H2;2-6H,1H3/b6-5-;. The van der Waals surface area contributed by atoms with Gasteiger partial charge in [-0.3, -0.25) is 0 Å². The fourth-order valence-corrected chi connectivity index (χ4v) is 1.05. The lowest BCUT2D eigenvalue weighted by Crippen LogP contribution is -2.04. The van der Waals surface area contributed by atoms with Crippen molar-refractivity contribution in [1.82, 2.24) is 0 Å². The van der Waals surface area contributed by atoms with Crippen LogP contribution < -0.4 is 0 Å². The van der Waals surface area contributed by atoms with Crippen LogP contribution in [0, 0.1) is 6.92 Å². The maximum atomic E-state index is 10.8. The summed E-state index contributed by atoms with van der Waals surface area (Å²) < 4.78 is 9.15. The van der Waals surface area contributed by atoms with Crippen molar-refractivity contribution < 1.29 is 19.1 Å². The Bertz CT molecular complexity index is 449. The maximum absolute atomic E-state index is 10.8. The lowest BCUT2D eigenvalue weighted by Gasteiger charge is -1.96. The zero-order valence-electron chi connectivity index (χ0n) is 12.2. The van der Waals surface area contributed by atoms with Gasteiger partial charge in [-0.25, -0.2) is 9.59 Å². The molecule has 0 aliphatic heterocycles. The molecule has 4 heteroatoms. The van der Waals surface area contributed by atoms with Gasteiger partial charge in [-0.15, -0.1) is 0 Å². The van der Waals surface area contributed by atoms with Crippen LogP contribution in [-0.2, 0) is 19.1 Å². The summed E-state index contributed by atoms with van der Waals surface area (Å²) in [5.74, 6) is -1.22. The summed E-state index contributed by atoms with van der Waals surface area (Å²) in [4.78, 5) is 21.6. The molecule has 1 aromatic carbocycles. The molecule has 21 heavy (non-hydrogen) atoms. The van der Waals surface area contributed by atoms with Crippen LogP contribution in [0.15, 0.2) is 67.8 Å². The molecular weight excluding hydrogens is 268 g/mol. The molecule has 0 heterocycles. The van der Waals surface area contributed by atoms with Crippen LogP contribution in [0.1, 0.15) is 5.56 Å². The Morgan fingerprint density at radius 3 is 1.67 bits per heavy atom. The number of hydrogen-bond acceptors (Lipinski definition) is 4. The monoisotopic (exact) mass is 288 g/mol. The molecule has 0 N–H and O–H groups in total. The van der Waals surface area contributed by atoms with Gasteiger partial charge in [-0.2, -0.15) is 0 Å². The molecule has 1 aromatic rings. The summed E-state index contributed by atoms with van der Waals surface area (Å²) in [5, 5.41) is 0. The Hall–Kier alpha value is -2.62. The molecule has 0 aliphatic rings. The van der Waals surface area contributed by atoms with Crippen LogP contribution in [0.25, 0.3) is 0 Å². The van der Waals surface area contributed by atoms with Gasteiger partial charge < -0.3 is 9.47 Å². The summed E-state index contributed by atoms with van der Waals surface area (Å²) in [6.45, 7) is 9.04. The summed E-state index contributed by atoms with van der Waals surface area (Å²) >= 11 is 0. The zero-order valence-corrected chi connectivity index (χ0v) is 12.2. The van der Waals surface area contributed by atoms with Gasteiger partial charge in [0, 0.05) is 12.2 Å². The van der Waals surface area contributed by atoms with E-state index in [9.17, 15) is 9.59 Å². The topological polar surface area (TPSA) is 52.6 Å². The SMILES string of the molecule is C=CCOC(=O)/C=C\C(=O)OCC=C.Cc1ccccc1. The Morgan fingerprint density at radius 2 is 1.38 bits per heavy atom. The van der Waals surface area contributed by atoms with Gasteiger partial charge >= 0.3 is 11.9 Å². The van der Waals surface area contributed by atoms with E-state index in [0.29, 0.717) is 0 Å². The van der Waals surface area contributed by atoms with E-state index in [0.717, 1.165) is 12.2 Å². The van der Waals surface area contributed by atoms with Gasteiger partial charge in [0.1, 0.15) is 13.2 Å². The Balaban J connectivity index is 0.000000471. The fourth-order valence-electron chi connectivity index (χ4n) is 1.05. The summed E-state index contributed by atoms with van der Waals surface area (Å²) in [6, 6.07) is 10.3. The Labute approximate surface area is 125 Å². The quantitative estimate of drug-likeness (QED) is 0.459. The lowest BCUT2D eigenvalue weighted by atomic mass is 10.2. The van der Waals surface area contributed by atoms with Crippen LogP contribution in [0.3, 0.4) is 0 Å². The highest BCUT2D eigenvalue weighted by Gasteiger charge is 1.98. The molecule has 0 radical (unpaired) electrons. The fraction of sp³-hybridized carbons (Fsp3) is 0.176. The first kappa shape index (κ1) is 18.4. The molecule has 0 aromatic heterocycles. The lowest BCUT2D eigenvalue weighted by molar-refractivity contribution is -0.139. The number of rotatable bonds is 6. The molecule has 0 aliphatic carbocycles. The predicted molar refractivity (Wildman–Crippen MR) is 82.6 cm³/mol. The van der Waals surface area contributed by atoms with Crippen LogP contribution in [0.5, 0.6) is 0 Å². The number of ether oxygens (including phenoxy) is 2. The number of esters is 2. The maximum Gasteiger partial charge on any atom is 0.331 e. The molecule has 4 nitrogen and oxygen atoms in total. The number of benzene rings is 1. The van der Waals surface area contributed by atoms with Crippen molar-refractivity contribution in [2.75, 3.05) is 13.2 Å². The van der Waals surface area contributed by atoms with Gasteiger partial charge in [-0.1, -0.05) is 61.2 Å². The van der Waals surface area contributed by atoms with Crippen molar-refractivity contribution in [3.8, 4) is 0 Å². The Morgan fingerprint density at radius 1 is 0.952 bits per heavy atom. The molecule has 112 valence electrons. The molecule has 0 spiro atoms. The molecule has 0 unspecified atom stereocenters. The molecule has 0 saturated carbocycles. The van der Waals surface area contributed by atoms with Crippen LogP contribution in [0.2, 0.25) is 0 Å². The second-order valence-electron chi connectivity index (χ2n) is 3.83. The average molecular weight is 288 g/mol. The molecule has 0 atom stereocenters. The van der Waals surface area contributed by atoms with Crippen molar-refractivity contribution in [2.45, 2.75) is 6.92 Å². The first-order valence-electron chi connectivity index (χ1n) is 6.35. The van der Waals surface area contributed by atoms with Gasteiger partial charge in [0.05, 0.1) is 0 Å². The normalized spacial score (nSPS) is 9.19. The summed E-state index contributed by atoms with van der Waals surface area (Å²) in [5.41, 5.74) is 1.32. The van der Waals surface area contributed by atoms with Gasteiger partial charge in [-0.05, 0) is 6.92 Å². The van der Waals surface area contributed by atoms with Gasteiger partial charge in [0.2, 0.25) is 0 Å². The van der Waals surface area contributed by atoms with E-state index in [1.807, 2.05) is 18.2 Å². The summed E-state index contributed by atoms with van der Waals surface area (Å²) in [6.07, 6.45) is 4.85. The number of carbonyl (C=O) groups excluding carboxylic acids is 2. The Kier molecular flexibility index (Phi) is 10.9. The first-order chi connectivity index (χ1) is 10.1. The van der Waals surface area contributed by atoms with Crippen molar-refractivity contribution >= 4 is 11.9 Å². The number of aryl methyl sites for hydroxylation is 1. The number of carbonyl (C=O) groups is 2.